The highest BCUT2D eigenvalue weighted by molar-refractivity contribution is 7.71. The zero-order valence-corrected chi connectivity index (χ0v) is 11.8. The maximum absolute atomic E-state index is 13.5. The molecule has 0 radical (unpaired) electrons. The number of pyridine rings is 1. The number of aromatic nitrogens is 3. The molecule has 3 aromatic rings. The minimum absolute atomic E-state index is 0.172. The van der Waals surface area contributed by atoms with E-state index >= 15 is 0 Å². The number of nitrogens with zero attached hydrogens (tertiary/aromatic N) is 2. The minimum atomic E-state index is -0.411. The van der Waals surface area contributed by atoms with E-state index in [1.807, 2.05) is 13.0 Å². The summed E-state index contributed by atoms with van der Waals surface area (Å²) in [5.41, 5.74) is 3.29. The van der Waals surface area contributed by atoms with Gasteiger partial charge in [0.25, 0.3) is 0 Å². The Hall–Kier alpha value is -2.21. The summed E-state index contributed by atoms with van der Waals surface area (Å²) in [7, 11) is 1.43. The van der Waals surface area contributed by atoms with Crippen molar-refractivity contribution >= 4 is 23.4 Å². The number of methoxy groups -OCH3 is 1. The van der Waals surface area contributed by atoms with E-state index in [0.717, 1.165) is 11.1 Å². The second-order valence-electron chi connectivity index (χ2n) is 4.47. The van der Waals surface area contributed by atoms with Gasteiger partial charge in [-0.3, -0.25) is 4.57 Å². The maximum atomic E-state index is 13.5. The number of nitrogens with one attached hydrogen (secondary N) is 1. The highest BCUT2D eigenvalue weighted by atomic mass is 32.1. The van der Waals surface area contributed by atoms with Gasteiger partial charge in [-0.15, -0.1) is 0 Å². The van der Waals surface area contributed by atoms with Crippen molar-refractivity contribution in [1.82, 2.24) is 14.5 Å². The van der Waals surface area contributed by atoms with Crippen molar-refractivity contribution in [3.63, 3.8) is 0 Å². The summed E-state index contributed by atoms with van der Waals surface area (Å²) < 4.78 is 20.8. The maximum Gasteiger partial charge on any atom is 0.184 e. The topological polar surface area (TPSA) is 42.8 Å². The van der Waals surface area contributed by atoms with E-state index in [9.17, 15) is 4.39 Å². The number of hydrogen-bond donors (Lipinski definition) is 1. The molecule has 2 aromatic heterocycles. The molecule has 0 unspecified atom stereocenters. The lowest BCUT2D eigenvalue weighted by molar-refractivity contribution is 0.386. The number of hydrogen-bond acceptors (Lipinski definition) is 3. The first kappa shape index (κ1) is 12.8. The fraction of sp³-hybridized carbons (Fsp3) is 0.143. The molecule has 0 spiro atoms. The molecule has 0 aliphatic rings. The van der Waals surface area contributed by atoms with Crippen molar-refractivity contribution in [2.45, 2.75) is 6.92 Å². The van der Waals surface area contributed by atoms with Crippen LogP contribution in [0.4, 0.5) is 4.39 Å². The molecule has 0 aliphatic heterocycles. The van der Waals surface area contributed by atoms with E-state index in [1.165, 1.54) is 13.2 Å². The summed E-state index contributed by atoms with van der Waals surface area (Å²) in [5.74, 6) is -0.239. The zero-order chi connectivity index (χ0) is 14.3. The predicted octanol–water partition coefficient (Wildman–Crippen LogP) is 3.54. The van der Waals surface area contributed by atoms with Gasteiger partial charge in [0.1, 0.15) is 0 Å². The van der Waals surface area contributed by atoms with E-state index in [1.54, 1.807) is 22.9 Å². The Morgan fingerprint density at radius 1 is 1.35 bits per heavy atom. The van der Waals surface area contributed by atoms with Crippen LogP contribution in [0.3, 0.4) is 0 Å². The Kier molecular flexibility index (Phi) is 3.02. The summed E-state index contributed by atoms with van der Waals surface area (Å²) in [4.78, 5) is 7.49. The monoisotopic (exact) mass is 289 g/mol. The van der Waals surface area contributed by atoms with Gasteiger partial charge in [0, 0.05) is 12.3 Å². The standard InChI is InChI=1S/C14H12FN3OS/c1-8-5-11-13(16-7-8)18(14(20)17-11)9-3-4-10(15)12(6-9)19-2/h3-7H,1-2H3,(H,17,20). The van der Waals surface area contributed by atoms with Crippen LogP contribution in [-0.4, -0.2) is 21.6 Å². The third kappa shape index (κ3) is 1.98. The summed E-state index contributed by atoms with van der Waals surface area (Å²) >= 11 is 5.32. The molecule has 0 saturated heterocycles. The van der Waals surface area contributed by atoms with Gasteiger partial charge in [0.15, 0.2) is 22.0 Å². The molecular weight excluding hydrogens is 277 g/mol. The molecule has 4 nitrogen and oxygen atoms in total. The van der Waals surface area contributed by atoms with E-state index < -0.39 is 5.82 Å². The number of aromatic amines is 1. The highest BCUT2D eigenvalue weighted by Gasteiger charge is 2.10. The number of ether oxygens (including phenoxy) is 1. The molecule has 102 valence electrons. The number of benzene rings is 1. The third-order valence-electron chi connectivity index (χ3n) is 3.05. The van der Waals surface area contributed by atoms with E-state index in [2.05, 4.69) is 9.97 Å². The smallest absolute Gasteiger partial charge is 0.184 e. The lowest BCUT2D eigenvalue weighted by atomic mass is 10.2. The predicted molar refractivity (Wildman–Crippen MR) is 77.5 cm³/mol. The van der Waals surface area contributed by atoms with Crippen molar-refractivity contribution in [2.24, 2.45) is 0 Å². The molecule has 20 heavy (non-hydrogen) atoms. The number of rotatable bonds is 2. The van der Waals surface area contributed by atoms with Gasteiger partial charge < -0.3 is 9.72 Å². The molecule has 1 N–H and O–H groups in total. The first-order chi connectivity index (χ1) is 9.60. The van der Waals surface area contributed by atoms with Gasteiger partial charge in [-0.05, 0) is 42.9 Å². The van der Waals surface area contributed by atoms with Crippen molar-refractivity contribution in [3.05, 3.63) is 46.6 Å². The van der Waals surface area contributed by atoms with Crippen LogP contribution in [0.5, 0.6) is 5.75 Å². The fourth-order valence-electron chi connectivity index (χ4n) is 2.13. The van der Waals surface area contributed by atoms with Crippen LogP contribution >= 0.6 is 12.2 Å². The van der Waals surface area contributed by atoms with Gasteiger partial charge in [0.2, 0.25) is 0 Å². The second-order valence-corrected chi connectivity index (χ2v) is 4.85. The molecule has 0 saturated carbocycles. The highest BCUT2D eigenvalue weighted by Crippen LogP contribution is 2.24. The number of imidazole rings is 1. The summed E-state index contributed by atoms with van der Waals surface area (Å²) in [6, 6.07) is 6.56. The number of H-pyrrole nitrogens is 1. The Bertz CT molecular complexity index is 853. The quantitative estimate of drug-likeness (QED) is 0.734. The van der Waals surface area contributed by atoms with Crippen molar-refractivity contribution in [3.8, 4) is 11.4 Å². The van der Waals surface area contributed by atoms with Crippen molar-refractivity contribution in [2.75, 3.05) is 7.11 Å². The zero-order valence-electron chi connectivity index (χ0n) is 11.0. The first-order valence-electron chi connectivity index (χ1n) is 6.01. The summed E-state index contributed by atoms with van der Waals surface area (Å²) in [5, 5.41) is 0. The Morgan fingerprint density at radius 2 is 2.15 bits per heavy atom. The summed E-state index contributed by atoms with van der Waals surface area (Å²) in [6.07, 6.45) is 1.77. The normalized spacial score (nSPS) is 10.9. The number of fused-ring (bicyclic) bond motifs is 1. The SMILES string of the molecule is COc1cc(-n2c(=S)[nH]c3cc(C)cnc32)ccc1F. The van der Waals surface area contributed by atoms with Gasteiger partial charge in [-0.25, -0.2) is 9.37 Å². The Balaban J connectivity index is 2.29. The Labute approximate surface area is 119 Å². The number of aryl methyl sites for hydroxylation is 1. The van der Waals surface area contributed by atoms with Gasteiger partial charge in [0.05, 0.1) is 18.3 Å². The van der Waals surface area contributed by atoms with E-state index in [-0.39, 0.29) is 5.75 Å². The average molecular weight is 289 g/mol. The molecule has 0 bridgehead atoms. The lowest BCUT2D eigenvalue weighted by Gasteiger charge is -2.07. The summed E-state index contributed by atoms with van der Waals surface area (Å²) in [6.45, 7) is 1.96. The van der Waals surface area contributed by atoms with Crippen LogP contribution in [0.15, 0.2) is 30.5 Å². The van der Waals surface area contributed by atoms with Crippen LogP contribution in [0.2, 0.25) is 0 Å². The largest absolute Gasteiger partial charge is 0.494 e. The molecule has 6 heteroatoms. The van der Waals surface area contributed by atoms with Crippen LogP contribution in [-0.2, 0) is 0 Å². The molecule has 0 aliphatic carbocycles. The van der Waals surface area contributed by atoms with Crippen LogP contribution in [0.25, 0.3) is 16.9 Å². The fourth-order valence-corrected chi connectivity index (χ4v) is 2.43. The molecule has 0 atom stereocenters. The van der Waals surface area contributed by atoms with Crippen LogP contribution in [0, 0.1) is 17.5 Å². The van der Waals surface area contributed by atoms with Gasteiger partial charge in [-0.2, -0.15) is 0 Å². The van der Waals surface area contributed by atoms with Crippen LogP contribution < -0.4 is 4.74 Å². The van der Waals surface area contributed by atoms with E-state index in [4.69, 9.17) is 17.0 Å². The Morgan fingerprint density at radius 3 is 2.90 bits per heavy atom. The average Bonchev–Trinajstić information content (AvgIpc) is 2.74. The molecular formula is C14H12FN3OS. The van der Waals surface area contributed by atoms with E-state index in [0.29, 0.717) is 16.1 Å². The first-order valence-corrected chi connectivity index (χ1v) is 6.42. The van der Waals surface area contributed by atoms with Crippen molar-refractivity contribution < 1.29 is 9.13 Å². The number of halogens is 1. The van der Waals surface area contributed by atoms with Crippen molar-refractivity contribution in [1.29, 1.82) is 0 Å². The molecule has 1 aromatic carbocycles. The third-order valence-corrected chi connectivity index (χ3v) is 3.34. The molecule has 0 fully saturated rings. The molecule has 0 amide bonds. The molecule has 3 rings (SSSR count). The van der Waals surface area contributed by atoms with Gasteiger partial charge in [-0.1, -0.05) is 0 Å². The minimum Gasteiger partial charge on any atom is -0.494 e. The second kappa shape index (κ2) is 4.72. The lowest BCUT2D eigenvalue weighted by Crippen LogP contribution is -1.98. The molecule has 2 heterocycles. The van der Waals surface area contributed by atoms with Gasteiger partial charge >= 0.3 is 0 Å². The van der Waals surface area contributed by atoms with Crippen LogP contribution in [0.1, 0.15) is 5.56 Å².